The quantitative estimate of drug-likeness (QED) is 0.246. The molecule has 2 amide bonds. The van der Waals surface area contributed by atoms with E-state index < -0.39 is 11.7 Å². The minimum absolute atomic E-state index is 0.0309. The van der Waals surface area contributed by atoms with E-state index in [0.29, 0.717) is 22.5 Å². The largest absolute Gasteiger partial charge is 0.365 e. The fraction of sp³-hybridized carbons (Fsp3) is 0.280. The molecule has 3 aromatic heterocycles. The highest BCUT2D eigenvalue weighted by atomic mass is 19.1. The van der Waals surface area contributed by atoms with Gasteiger partial charge in [0, 0.05) is 24.7 Å². The molecular formula is C25H27FN10O2. The predicted molar refractivity (Wildman–Crippen MR) is 141 cm³/mol. The number of nitrogens with one attached hydrogen (secondary N) is 3. The van der Waals surface area contributed by atoms with Crippen molar-refractivity contribution in [3.05, 3.63) is 59.7 Å². The summed E-state index contributed by atoms with van der Waals surface area (Å²) < 4.78 is 16.4. The van der Waals surface area contributed by atoms with E-state index in [9.17, 15) is 14.0 Å². The smallest absolute Gasteiger partial charge is 0.255 e. The number of carbonyl (C=O) groups is 2. The minimum Gasteiger partial charge on any atom is -0.365 e. The van der Waals surface area contributed by atoms with Crippen molar-refractivity contribution in [3.8, 4) is 0 Å². The highest BCUT2D eigenvalue weighted by molar-refractivity contribution is 6.06. The number of fused-ring (bicyclic) bond motifs is 1. The number of amides is 2. The van der Waals surface area contributed by atoms with E-state index in [2.05, 4.69) is 36.2 Å². The summed E-state index contributed by atoms with van der Waals surface area (Å²) in [4.78, 5) is 33.3. The van der Waals surface area contributed by atoms with Crippen molar-refractivity contribution in [2.75, 3.05) is 16.0 Å². The first-order valence-electron chi connectivity index (χ1n) is 12.1. The monoisotopic (exact) mass is 518 g/mol. The minimum atomic E-state index is -0.850. The zero-order valence-corrected chi connectivity index (χ0v) is 20.6. The van der Waals surface area contributed by atoms with Crippen molar-refractivity contribution in [1.29, 1.82) is 0 Å². The molecule has 4 aromatic rings. The Balaban J connectivity index is 1.36. The molecular weight excluding hydrogens is 491 g/mol. The number of aromatic nitrogens is 5. The second-order valence-electron chi connectivity index (χ2n) is 9.24. The summed E-state index contributed by atoms with van der Waals surface area (Å²) in [6.45, 7) is 0. The molecule has 1 aliphatic rings. The molecule has 1 fully saturated rings. The number of hydrogen-bond acceptors (Lipinski definition) is 9. The number of rotatable bonds is 7. The van der Waals surface area contributed by atoms with Crippen molar-refractivity contribution < 1.29 is 14.0 Å². The maximum Gasteiger partial charge on any atom is 0.255 e. The normalized spacial score (nSPS) is 17.2. The van der Waals surface area contributed by atoms with E-state index in [-0.39, 0.29) is 35.2 Å². The summed E-state index contributed by atoms with van der Waals surface area (Å²) in [5.74, 6) is -1.91. The number of nitrogens with two attached hydrogens (primary N) is 2. The summed E-state index contributed by atoms with van der Waals surface area (Å²) in [5, 5.41) is 16.8. The van der Waals surface area contributed by atoms with Gasteiger partial charge in [-0.3, -0.25) is 14.6 Å². The summed E-state index contributed by atoms with van der Waals surface area (Å²) in [5.41, 5.74) is 14.1. The van der Waals surface area contributed by atoms with Crippen LogP contribution in [0, 0.1) is 5.82 Å². The van der Waals surface area contributed by atoms with Gasteiger partial charge in [0.05, 0.1) is 34.8 Å². The first-order valence-corrected chi connectivity index (χ1v) is 12.1. The van der Waals surface area contributed by atoms with Gasteiger partial charge in [-0.05, 0) is 43.2 Å². The van der Waals surface area contributed by atoms with Crippen LogP contribution in [0.2, 0.25) is 0 Å². The average molecular weight is 519 g/mol. The second kappa shape index (κ2) is 10.4. The molecule has 7 N–H and O–H groups in total. The number of anilines is 4. The van der Waals surface area contributed by atoms with Crippen LogP contribution >= 0.6 is 0 Å². The fourth-order valence-corrected chi connectivity index (χ4v) is 4.49. The van der Waals surface area contributed by atoms with E-state index in [1.165, 1.54) is 12.4 Å². The highest BCUT2D eigenvalue weighted by Gasteiger charge is 2.24. The standard InChI is InChI=1S/C25H27FN10O2/c1-36-21-7-6-13(8-20(21)34-35-36)25(38)31-15-9-14(11-29-12-15)30-23-16(22(28)37)10-17(26)24(33-23)32-19-5-3-2-4-18(19)27/h6-12,18-19H,2-5,27H2,1H3,(H2,28,37)(H,31,38)(H2,30,32,33)/t18-,19?/m0/s1. The fourth-order valence-electron chi connectivity index (χ4n) is 4.49. The van der Waals surface area contributed by atoms with Crippen molar-refractivity contribution in [3.63, 3.8) is 0 Å². The molecule has 12 nitrogen and oxygen atoms in total. The third kappa shape index (κ3) is 5.22. The predicted octanol–water partition coefficient (Wildman–Crippen LogP) is 2.67. The molecule has 1 aromatic carbocycles. The van der Waals surface area contributed by atoms with Crippen molar-refractivity contribution in [1.82, 2.24) is 25.0 Å². The van der Waals surface area contributed by atoms with Gasteiger partial charge < -0.3 is 27.4 Å². The van der Waals surface area contributed by atoms with Crippen molar-refractivity contribution in [2.24, 2.45) is 18.5 Å². The van der Waals surface area contributed by atoms with Gasteiger partial charge in [0.1, 0.15) is 11.3 Å². The Labute approximate surface area is 217 Å². The summed E-state index contributed by atoms with van der Waals surface area (Å²) in [6, 6.07) is 7.45. The zero-order valence-electron chi connectivity index (χ0n) is 20.6. The van der Waals surface area contributed by atoms with Crippen LogP contribution in [0.4, 0.5) is 27.4 Å². The summed E-state index contributed by atoms with van der Waals surface area (Å²) >= 11 is 0. The lowest BCUT2D eigenvalue weighted by molar-refractivity contribution is 0.0997. The Bertz CT molecular complexity index is 1520. The van der Waals surface area contributed by atoms with E-state index in [1.807, 2.05) is 0 Å². The van der Waals surface area contributed by atoms with E-state index in [4.69, 9.17) is 11.5 Å². The van der Waals surface area contributed by atoms with Crippen LogP contribution in [0.5, 0.6) is 0 Å². The van der Waals surface area contributed by atoms with Gasteiger partial charge in [-0.1, -0.05) is 18.1 Å². The molecule has 0 aliphatic heterocycles. The Hall–Kier alpha value is -4.65. The molecule has 38 heavy (non-hydrogen) atoms. The second-order valence-corrected chi connectivity index (χ2v) is 9.24. The number of hydrogen-bond donors (Lipinski definition) is 5. The lowest BCUT2D eigenvalue weighted by atomic mass is 9.91. The first-order chi connectivity index (χ1) is 18.3. The van der Waals surface area contributed by atoms with Gasteiger partial charge in [0.15, 0.2) is 11.6 Å². The van der Waals surface area contributed by atoms with E-state index in [1.54, 1.807) is 36.0 Å². The SMILES string of the molecule is Cn1nnc2cc(C(=O)Nc3cncc(Nc4nc(NC5CCCC[C@@H]5N)c(F)cc4C(N)=O)c3)ccc21. The number of benzene rings is 1. The van der Waals surface area contributed by atoms with Gasteiger partial charge in [-0.25, -0.2) is 14.1 Å². The summed E-state index contributed by atoms with van der Waals surface area (Å²) in [7, 11) is 1.77. The molecule has 1 unspecified atom stereocenters. The maximum atomic E-state index is 14.8. The van der Waals surface area contributed by atoms with Crippen molar-refractivity contribution >= 4 is 45.9 Å². The number of pyridine rings is 2. The Kier molecular flexibility index (Phi) is 6.83. The maximum absolute atomic E-state index is 14.8. The van der Waals surface area contributed by atoms with Gasteiger partial charge in [0.2, 0.25) is 0 Å². The molecule has 1 saturated carbocycles. The van der Waals surface area contributed by atoms with Crippen LogP contribution in [0.15, 0.2) is 42.7 Å². The third-order valence-corrected chi connectivity index (χ3v) is 6.51. The summed E-state index contributed by atoms with van der Waals surface area (Å²) in [6.07, 6.45) is 6.57. The lowest BCUT2D eigenvalue weighted by Crippen LogP contribution is -2.43. The van der Waals surface area contributed by atoms with Gasteiger partial charge in [0.25, 0.3) is 11.8 Å². The number of nitrogens with zero attached hydrogens (tertiary/aromatic N) is 5. The molecule has 0 saturated heterocycles. The Morgan fingerprint density at radius 1 is 1.08 bits per heavy atom. The van der Waals surface area contributed by atoms with Gasteiger partial charge >= 0.3 is 0 Å². The zero-order chi connectivity index (χ0) is 26.8. The molecule has 196 valence electrons. The van der Waals surface area contributed by atoms with Crippen LogP contribution in [0.25, 0.3) is 11.0 Å². The first kappa shape index (κ1) is 25.0. The average Bonchev–Trinajstić information content (AvgIpc) is 3.27. The molecule has 3 heterocycles. The highest BCUT2D eigenvalue weighted by Crippen LogP contribution is 2.27. The Morgan fingerprint density at radius 2 is 1.87 bits per heavy atom. The number of primary amides is 1. The van der Waals surface area contributed by atoms with E-state index in [0.717, 1.165) is 37.3 Å². The molecule has 2 atom stereocenters. The van der Waals surface area contributed by atoms with E-state index >= 15 is 0 Å². The van der Waals surface area contributed by atoms with Crippen LogP contribution in [-0.4, -0.2) is 48.9 Å². The molecule has 0 bridgehead atoms. The molecule has 1 aliphatic carbocycles. The van der Waals surface area contributed by atoms with Crippen molar-refractivity contribution in [2.45, 2.75) is 37.8 Å². The van der Waals surface area contributed by atoms with Crippen LogP contribution in [0.1, 0.15) is 46.4 Å². The molecule has 0 radical (unpaired) electrons. The molecule has 5 rings (SSSR count). The van der Waals surface area contributed by atoms with Crippen LogP contribution in [-0.2, 0) is 7.05 Å². The number of aryl methyl sites for hydroxylation is 1. The lowest BCUT2D eigenvalue weighted by Gasteiger charge is -2.30. The van der Waals surface area contributed by atoms with Crippen LogP contribution < -0.4 is 27.4 Å². The van der Waals surface area contributed by atoms with Crippen LogP contribution in [0.3, 0.4) is 0 Å². The topological polar surface area (TPSA) is 179 Å². The van der Waals surface area contributed by atoms with Gasteiger partial charge in [-0.15, -0.1) is 5.10 Å². The third-order valence-electron chi connectivity index (χ3n) is 6.51. The Morgan fingerprint density at radius 3 is 2.66 bits per heavy atom. The molecule has 0 spiro atoms. The van der Waals surface area contributed by atoms with Gasteiger partial charge in [-0.2, -0.15) is 0 Å². The number of carbonyl (C=O) groups excluding carboxylic acids is 2. The number of halogens is 1. The molecule has 13 heteroatoms.